The highest BCUT2D eigenvalue weighted by molar-refractivity contribution is 5.29. The van der Waals surface area contributed by atoms with Crippen molar-refractivity contribution in [3.63, 3.8) is 0 Å². The van der Waals surface area contributed by atoms with E-state index in [0.29, 0.717) is 5.92 Å². The van der Waals surface area contributed by atoms with Gasteiger partial charge in [0, 0.05) is 6.42 Å². The zero-order chi connectivity index (χ0) is 17.1. The van der Waals surface area contributed by atoms with Crippen LogP contribution < -0.4 is 4.74 Å². The maximum Gasteiger partial charge on any atom is 0.199 e. The van der Waals surface area contributed by atoms with Gasteiger partial charge in [-0.3, -0.25) is 0 Å². The molecule has 2 rings (SSSR count). The fourth-order valence-electron chi connectivity index (χ4n) is 2.67. The summed E-state index contributed by atoms with van der Waals surface area (Å²) in [6.07, 6.45) is 7.18. The van der Waals surface area contributed by atoms with Crippen molar-refractivity contribution in [1.82, 2.24) is 0 Å². The van der Waals surface area contributed by atoms with E-state index in [1.54, 1.807) is 0 Å². The number of unbranched alkanes of at least 4 members (excludes halogenated alkanes) is 1. The second-order valence-electron chi connectivity index (χ2n) is 7.01. The average Bonchev–Trinajstić information content (AvgIpc) is 2.56. The van der Waals surface area contributed by atoms with Crippen LogP contribution in [0.3, 0.4) is 0 Å². The summed E-state index contributed by atoms with van der Waals surface area (Å²) >= 11 is 0. The summed E-state index contributed by atoms with van der Waals surface area (Å²) < 4.78 is 11.4. The average molecular weight is 321 g/mol. The summed E-state index contributed by atoms with van der Waals surface area (Å²) in [6, 6.07) is 8.52. The molecule has 1 saturated heterocycles. The van der Waals surface area contributed by atoms with Gasteiger partial charge in [-0.15, -0.1) is 0 Å². The lowest BCUT2D eigenvalue weighted by atomic mass is 9.92. The highest BCUT2D eigenvalue weighted by Gasteiger charge is 2.15. The van der Waals surface area contributed by atoms with Crippen molar-refractivity contribution in [3.8, 4) is 5.75 Å². The predicted molar refractivity (Wildman–Crippen MR) is 99.1 cm³/mol. The van der Waals surface area contributed by atoms with E-state index in [2.05, 4.69) is 58.9 Å². The fourth-order valence-corrected chi connectivity index (χ4v) is 2.67. The van der Waals surface area contributed by atoms with Crippen LogP contribution >= 0.6 is 0 Å². The third-order valence-electron chi connectivity index (χ3n) is 4.18. The van der Waals surface area contributed by atoms with Gasteiger partial charge in [0.2, 0.25) is 0 Å². The van der Waals surface area contributed by atoms with Crippen LogP contribution in [0.1, 0.15) is 84.6 Å². The Morgan fingerprint density at radius 2 is 1.70 bits per heavy atom. The highest BCUT2D eigenvalue weighted by atomic mass is 16.7. The molecule has 0 aliphatic carbocycles. The monoisotopic (exact) mass is 320 g/mol. The molecule has 1 aliphatic rings. The van der Waals surface area contributed by atoms with Crippen molar-refractivity contribution in [2.45, 2.75) is 85.4 Å². The molecule has 23 heavy (non-hydrogen) atoms. The SMILES string of the molecule is CC(C)CC(C)c1ccc(OC2CCCCO2)cc1.CCCC. The maximum absolute atomic E-state index is 5.85. The van der Waals surface area contributed by atoms with Crippen LogP contribution in [-0.4, -0.2) is 12.9 Å². The van der Waals surface area contributed by atoms with Crippen LogP contribution in [-0.2, 0) is 4.74 Å². The molecule has 1 aliphatic heterocycles. The van der Waals surface area contributed by atoms with Crippen molar-refractivity contribution in [3.05, 3.63) is 29.8 Å². The van der Waals surface area contributed by atoms with Crippen molar-refractivity contribution in [2.24, 2.45) is 5.92 Å². The van der Waals surface area contributed by atoms with Crippen LogP contribution in [0.25, 0.3) is 0 Å². The molecule has 2 unspecified atom stereocenters. The van der Waals surface area contributed by atoms with Gasteiger partial charge in [-0.25, -0.2) is 0 Å². The molecule has 1 fully saturated rings. The normalized spacial score (nSPS) is 19.0. The Balaban J connectivity index is 0.000000593. The number of hydrogen-bond donors (Lipinski definition) is 0. The second kappa shape index (κ2) is 11.5. The lowest BCUT2D eigenvalue weighted by Crippen LogP contribution is -2.24. The number of rotatable bonds is 6. The van der Waals surface area contributed by atoms with Crippen LogP contribution in [0, 0.1) is 5.92 Å². The molecule has 0 spiro atoms. The number of benzene rings is 1. The van der Waals surface area contributed by atoms with Gasteiger partial charge < -0.3 is 9.47 Å². The third kappa shape index (κ3) is 8.41. The summed E-state index contributed by atoms with van der Waals surface area (Å²) in [6.45, 7) is 12.0. The molecule has 1 aromatic rings. The third-order valence-corrected chi connectivity index (χ3v) is 4.18. The van der Waals surface area contributed by atoms with E-state index < -0.39 is 0 Å². The Morgan fingerprint density at radius 1 is 1.04 bits per heavy atom. The number of ether oxygens (including phenoxy) is 2. The highest BCUT2D eigenvalue weighted by Crippen LogP contribution is 2.26. The van der Waals surface area contributed by atoms with Gasteiger partial charge in [0.1, 0.15) is 5.75 Å². The maximum atomic E-state index is 5.85. The first-order valence-corrected chi connectivity index (χ1v) is 9.45. The molecule has 0 N–H and O–H groups in total. The largest absolute Gasteiger partial charge is 0.465 e. The first-order chi connectivity index (χ1) is 11.1. The topological polar surface area (TPSA) is 18.5 Å². The molecule has 2 nitrogen and oxygen atoms in total. The molecule has 0 aromatic heterocycles. The quantitative estimate of drug-likeness (QED) is 0.592. The Hall–Kier alpha value is -1.02. The van der Waals surface area contributed by atoms with Gasteiger partial charge in [-0.1, -0.05) is 59.6 Å². The van der Waals surface area contributed by atoms with E-state index >= 15 is 0 Å². The summed E-state index contributed by atoms with van der Waals surface area (Å²) in [5.41, 5.74) is 1.39. The van der Waals surface area contributed by atoms with Crippen LogP contribution in [0.4, 0.5) is 0 Å². The Labute approximate surface area is 143 Å². The summed E-state index contributed by atoms with van der Waals surface area (Å²) in [4.78, 5) is 0. The van der Waals surface area contributed by atoms with E-state index in [4.69, 9.17) is 9.47 Å². The molecule has 0 saturated carbocycles. The van der Waals surface area contributed by atoms with Gasteiger partial charge in [0.25, 0.3) is 0 Å². The summed E-state index contributed by atoms with van der Waals surface area (Å²) in [5, 5.41) is 0. The number of hydrogen-bond acceptors (Lipinski definition) is 2. The molecule has 0 bridgehead atoms. The van der Waals surface area contributed by atoms with Crippen molar-refractivity contribution >= 4 is 0 Å². The molecule has 0 amide bonds. The van der Waals surface area contributed by atoms with Crippen molar-refractivity contribution in [1.29, 1.82) is 0 Å². The molecular formula is C21H36O2. The molecule has 1 aromatic carbocycles. The van der Waals surface area contributed by atoms with E-state index in [1.165, 1.54) is 31.2 Å². The van der Waals surface area contributed by atoms with Gasteiger partial charge in [0.15, 0.2) is 6.29 Å². The molecule has 0 radical (unpaired) electrons. The lowest BCUT2D eigenvalue weighted by Gasteiger charge is -2.23. The van der Waals surface area contributed by atoms with E-state index in [9.17, 15) is 0 Å². The minimum Gasteiger partial charge on any atom is -0.465 e. The zero-order valence-electron chi connectivity index (χ0n) is 15.8. The molecule has 2 heteroatoms. The molecule has 1 heterocycles. The summed E-state index contributed by atoms with van der Waals surface area (Å²) in [7, 11) is 0. The minimum absolute atomic E-state index is 0.0484. The van der Waals surface area contributed by atoms with Crippen molar-refractivity contribution < 1.29 is 9.47 Å². The Bertz CT molecular complexity index is 389. The molecule has 2 atom stereocenters. The first-order valence-electron chi connectivity index (χ1n) is 9.45. The van der Waals surface area contributed by atoms with E-state index in [-0.39, 0.29) is 6.29 Å². The first kappa shape index (κ1) is 20.0. The summed E-state index contributed by atoms with van der Waals surface area (Å²) in [5.74, 6) is 2.27. The van der Waals surface area contributed by atoms with Gasteiger partial charge in [0.05, 0.1) is 6.61 Å². The van der Waals surface area contributed by atoms with E-state index in [1.807, 2.05) is 0 Å². The lowest BCUT2D eigenvalue weighted by molar-refractivity contribution is -0.105. The van der Waals surface area contributed by atoms with Gasteiger partial charge in [-0.2, -0.15) is 0 Å². The van der Waals surface area contributed by atoms with E-state index in [0.717, 1.165) is 31.1 Å². The minimum atomic E-state index is -0.0484. The van der Waals surface area contributed by atoms with Crippen LogP contribution in [0.15, 0.2) is 24.3 Å². The fraction of sp³-hybridized carbons (Fsp3) is 0.714. The molecular weight excluding hydrogens is 284 g/mol. The van der Waals surface area contributed by atoms with Gasteiger partial charge >= 0.3 is 0 Å². The van der Waals surface area contributed by atoms with Gasteiger partial charge in [-0.05, 0) is 48.8 Å². The second-order valence-corrected chi connectivity index (χ2v) is 7.01. The Morgan fingerprint density at radius 3 is 2.17 bits per heavy atom. The predicted octanol–water partition coefficient (Wildman–Crippen LogP) is 6.55. The Kier molecular flexibility index (Phi) is 10.0. The smallest absolute Gasteiger partial charge is 0.199 e. The van der Waals surface area contributed by atoms with Crippen molar-refractivity contribution in [2.75, 3.05) is 6.61 Å². The standard InChI is InChI=1S/C17H26O2.C4H10/c1-13(2)12-14(3)15-7-9-16(10-8-15)19-17-6-4-5-11-18-17;1-3-4-2/h7-10,13-14,17H,4-6,11-12H2,1-3H3;3-4H2,1-2H3. The molecule has 132 valence electrons. The van der Waals surface area contributed by atoms with Crippen LogP contribution in [0.2, 0.25) is 0 Å². The van der Waals surface area contributed by atoms with Crippen LogP contribution in [0.5, 0.6) is 5.75 Å². The zero-order valence-corrected chi connectivity index (χ0v) is 15.8.